The Morgan fingerprint density at radius 3 is 3.06 bits per heavy atom. The van der Waals surface area contributed by atoms with Crippen LogP contribution in [0, 0.1) is 0 Å². The zero-order valence-electron chi connectivity index (χ0n) is 10.0. The van der Waals surface area contributed by atoms with E-state index in [1.165, 1.54) is 6.20 Å². The Morgan fingerprint density at radius 2 is 2.39 bits per heavy atom. The van der Waals surface area contributed by atoms with Gasteiger partial charge in [-0.1, -0.05) is 0 Å². The highest BCUT2D eigenvalue weighted by molar-refractivity contribution is 9.10. The highest BCUT2D eigenvalue weighted by Gasteiger charge is 2.51. The first-order valence-electron chi connectivity index (χ1n) is 5.82. The molecular weight excluding hydrogens is 302 g/mol. The van der Waals surface area contributed by atoms with E-state index in [9.17, 15) is 15.1 Å². The average molecular weight is 317 g/mol. The zero-order chi connectivity index (χ0) is 13.3. The number of hydrogen-bond donors (Lipinski definition) is 2. The molecule has 1 heterocycles. The summed E-state index contributed by atoms with van der Waals surface area (Å²) in [6.07, 6.45) is 3.02. The second kappa shape index (κ2) is 4.85. The molecular formula is C12H15BrNO4+. The molecule has 0 amide bonds. The van der Waals surface area contributed by atoms with E-state index >= 15 is 0 Å². The van der Waals surface area contributed by atoms with Crippen molar-refractivity contribution in [3.63, 3.8) is 0 Å². The normalized spacial score (nSPS) is 22.4. The largest absolute Gasteiger partial charge is 0.463 e. The van der Waals surface area contributed by atoms with Gasteiger partial charge in [0.25, 0.3) is 11.3 Å². The van der Waals surface area contributed by atoms with Crippen LogP contribution in [0.4, 0.5) is 0 Å². The molecule has 6 heteroatoms. The van der Waals surface area contributed by atoms with Gasteiger partial charge in [0, 0.05) is 10.3 Å². The van der Waals surface area contributed by atoms with Gasteiger partial charge >= 0.3 is 5.97 Å². The molecule has 2 rings (SSSR count). The minimum absolute atomic E-state index is 0.193. The average Bonchev–Trinajstić information content (AvgIpc) is 2.28. The number of aromatic nitrogens is 1. The van der Waals surface area contributed by atoms with E-state index in [4.69, 9.17) is 4.74 Å². The van der Waals surface area contributed by atoms with Gasteiger partial charge < -0.3 is 9.84 Å². The van der Waals surface area contributed by atoms with Crippen LogP contribution in [0.5, 0.6) is 0 Å². The molecule has 5 nitrogen and oxygen atoms in total. The van der Waals surface area contributed by atoms with E-state index in [2.05, 4.69) is 15.9 Å². The summed E-state index contributed by atoms with van der Waals surface area (Å²) in [5.41, 5.74) is -0.817. The van der Waals surface area contributed by atoms with Crippen LogP contribution in [0.15, 0.2) is 16.7 Å². The van der Waals surface area contributed by atoms with E-state index in [0.717, 1.165) is 10.3 Å². The molecule has 0 saturated heterocycles. The third-order valence-corrected chi connectivity index (χ3v) is 3.51. The number of rotatable bonds is 2. The van der Waals surface area contributed by atoms with Crippen molar-refractivity contribution in [2.24, 2.45) is 0 Å². The lowest BCUT2D eigenvalue weighted by Gasteiger charge is -2.27. The predicted molar refractivity (Wildman–Crippen MR) is 65.0 cm³/mol. The molecule has 18 heavy (non-hydrogen) atoms. The predicted octanol–water partition coefficient (Wildman–Crippen LogP) is 1.06. The van der Waals surface area contributed by atoms with Crippen LogP contribution < -0.4 is 4.73 Å². The quantitative estimate of drug-likeness (QED) is 0.486. The van der Waals surface area contributed by atoms with Crippen molar-refractivity contribution in [1.29, 1.82) is 0 Å². The summed E-state index contributed by atoms with van der Waals surface area (Å²) in [6.45, 7) is 1.87. The van der Waals surface area contributed by atoms with Crippen LogP contribution in [0.25, 0.3) is 0 Å². The summed E-state index contributed by atoms with van der Waals surface area (Å²) in [5.74, 6) is -0.712. The third-order valence-electron chi connectivity index (χ3n) is 3.08. The standard InChI is InChI=1S/C12H15BrNO4/c1-2-18-11(15)12(16)5-3-4-8-6-9(13)7-14(17)10(8)12/h6-7,16-17H,2-5H2,1H3/q+1. The van der Waals surface area contributed by atoms with Crippen molar-refractivity contribution in [2.45, 2.75) is 31.8 Å². The first kappa shape index (κ1) is 13.3. The SMILES string of the molecule is CCOC(=O)C1(O)CCCc2cc(Br)c[n+](O)c21. The summed E-state index contributed by atoms with van der Waals surface area (Å²) in [4.78, 5) is 11.9. The van der Waals surface area contributed by atoms with Gasteiger partial charge in [0.05, 0.1) is 11.1 Å². The summed E-state index contributed by atoms with van der Waals surface area (Å²) in [6, 6.07) is 1.80. The summed E-state index contributed by atoms with van der Waals surface area (Å²) >= 11 is 3.27. The molecule has 0 aromatic carbocycles. The van der Waals surface area contributed by atoms with Crippen molar-refractivity contribution in [2.75, 3.05) is 6.61 Å². The highest BCUT2D eigenvalue weighted by atomic mass is 79.9. The monoisotopic (exact) mass is 316 g/mol. The minimum Gasteiger partial charge on any atom is -0.463 e. The van der Waals surface area contributed by atoms with E-state index in [1.807, 2.05) is 0 Å². The number of nitrogens with zero attached hydrogens (tertiary/aromatic N) is 1. The van der Waals surface area contributed by atoms with Crippen molar-refractivity contribution in [1.82, 2.24) is 0 Å². The first-order valence-corrected chi connectivity index (χ1v) is 6.61. The molecule has 0 bridgehead atoms. The Bertz CT molecular complexity index is 491. The van der Waals surface area contributed by atoms with E-state index in [-0.39, 0.29) is 18.7 Å². The molecule has 1 aliphatic rings. The molecule has 1 aromatic heterocycles. The number of aryl methyl sites for hydroxylation is 1. The van der Waals surface area contributed by atoms with Gasteiger partial charge in [-0.3, -0.25) is 5.21 Å². The number of hydrogen-bond acceptors (Lipinski definition) is 4. The number of esters is 1. The fraction of sp³-hybridized carbons (Fsp3) is 0.500. The molecule has 0 fully saturated rings. The van der Waals surface area contributed by atoms with Crippen molar-refractivity contribution in [3.05, 3.63) is 28.0 Å². The van der Waals surface area contributed by atoms with Gasteiger partial charge in [-0.15, -0.1) is 0 Å². The Balaban J connectivity index is 2.53. The summed E-state index contributed by atoms with van der Waals surface area (Å²) < 4.78 is 6.39. The zero-order valence-corrected chi connectivity index (χ0v) is 11.6. The maximum absolute atomic E-state index is 11.9. The second-order valence-corrected chi connectivity index (χ2v) is 5.23. The summed E-state index contributed by atoms with van der Waals surface area (Å²) in [5, 5.41) is 20.4. The lowest BCUT2D eigenvalue weighted by molar-refractivity contribution is -0.913. The Kier molecular flexibility index (Phi) is 3.59. The van der Waals surface area contributed by atoms with Gasteiger partial charge in [-0.2, -0.15) is 0 Å². The molecule has 1 atom stereocenters. The number of halogens is 1. The molecule has 1 unspecified atom stereocenters. The number of carbonyl (C=O) groups is 1. The maximum Gasteiger partial charge on any atom is 0.349 e. The van der Waals surface area contributed by atoms with Crippen LogP contribution in [0.3, 0.4) is 0 Å². The topological polar surface area (TPSA) is 70.6 Å². The van der Waals surface area contributed by atoms with Crippen LogP contribution in [-0.4, -0.2) is 22.9 Å². The molecule has 1 aliphatic carbocycles. The van der Waals surface area contributed by atoms with Crippen molar-refractivity contribution < 1.29 is 24.6 Å². The fourth-order valence-electron chi connectivity index (χ4n) is 2.35. The fourth-order valence-corrected chi connectivity index (χ4v) is 2.82. The smallest absolute Gasteiger partial charge is 0.349 e. The van der Waals surface area contributed by atoms with Gasteiger partial charge in [-0.25, -0.2) is 4.79 Å². The highest BCUT2D eigenvalue weighted by Crippen LogP contribution is 2.35. The summed E-state index contributed by atoms with van der Waals surface area (Å²) in [7, 11) is 0. The minimum atomic E-state index is -1.76. The number of pyridine rings is 1. The number of carbonyl (C=O) groups excluding carboxylic acids is 1. The number of aliphatic hydroxyl groups is 1. The van der Waals surface area contributed by atoms with E-state index in [1.54, 1.807) is 13.0 Å². The first-order chi connectivity index (χ1) is 8.49. The Hall–Kier alpha value is -1.14. The lowest BCUT2D eigenvalue weighted by Crippen LogP contribution is -2.51. The van der Waals surface area contributed by atoms with E-state index < -0.39 is 11.6 Å². The maximum atomic E-state index is 11.9. The van der Waals surface area contributed by atoms with Crippen molar-refractivity contribution in [3.8, 4) is 0 Å². The van der Waals surface area contributed by atoms with Crippen LogP contribution in [-0.2, 0) is 21.6 Å². The number of fused-ring (bicyclic) bond motifs is 1. The van der Waals surface area contributed by atoms with Crippen LogP contribution in [0.1, 0.15) is 31.0 Å². The van der Waals surface area contributed by atoms with Gasteiger partial charge in [0.15, 0.2) is 0 Å². The molecule has 0 spiro atoms. The second-order valence-electron chi connectivity index (χ2n) is 4.31. The van der Waals surface area contributed by atoms with Gasteiger partial charge in [0.2, 0.25) is 6.20 Å². The van der Waals surface area contributed by atoms with Crippen molar-refractivity contribution >= 4 is 21.9 Å². The van der Waals surface area contributed by atoms with Crippen LogP contribution >= 0.6 is 15.9 Å². The third kappa shape index (κ3) is 2.10. The van der Waals surface area contributed by atoms with Crippen LogP contribution in [0.2, 0.25) is 0 Å². The van der Waals surface area contributed by atoms with Gasteiger partial charge in [0.1, 0.15) is 0 Å². The molecule has 0 saturated carbocycles. The lowest BCUT2D eigenvalue weighted by atomic mass is 9.82. The number of ether oxygens (including phenoxy) is 1. The Morgan fingerprint density at radius 1 is 1.67 bits per heavy atom. The molecule has 1 aromatic rings. The van der Waals surface area contributed by atoms with Gasteiger partial charge in [-0.05, 0) is 48.2 Å². The molecule has 98 valence electrons. The molecule has 2 N–H and O–H groups in total. The Labute approximate surface area is 113 Å². The molecule has 0 aliphatic heterocycles. The molecule has 0 radical (unpaired) electrons. The van der Waals surface area contributed by atoms with E-state index in [0.29, 0.717) is 17.3 Å².